The standard InChI is InChI=1S/C11H14ClN3O3/c1-3-18-11(17)8(13)10(16)15-7-4-6(2)5-14-9(7)12/h4-5,8H,3,13H2,1-2H3,(H,15,16). The van der Waals surface area contributed by atoms with Gasteiger partial charge in [-0.25, -0.2) is 9.78 Å². The molecule has 0 fully saturated rings. The van der Waals surface area contributed by atoms with E-state index in [1.54, 1.807) is 26.1 Å². The summed E-state index contributed by atoms with van der Waals surface area (Å²) in [4.78, 5) is 26.8. The van der Waals surface area contributed by atoms with Crippen LogP contribution in [0.25, 0.3) is 0 Å². The number of aromatic nitrogens is 1. The van der Waals surface area contributed by atoms with Crippen molar-refractivity contribution in [2.45, 2.75) is 19.9 Å². The first-order valence-electron chi connectivity index (χ1n) is 5.31. The average molecular weight is 272 g/mol. The van der Waals surface area contributed by atoms with E-state index in [9.17, 15) is 9.59 Å². The van der Waals surface area contributed by atoms with Gasteiger partial charge in [0.05, 0.1) is 12.3 Å². The molecule has 1 rings (SSSR count). The van der Waals surface area contributed by atoms with Gasteiger partial charge in [0.15, 0.2) is 11.2 Å². The van der Waals surface area contributed by atoms with Crippen LogP contribution < -0.4 is 11.1 Å². The molecule has 0 saturated heterocycles. The van der Waals surface area contributed by atoms with Crippen molar-refractivity contribution in [3.8, 4) is 0 Å². The molecule has 0 aromatic carbocycles. The van der Waals surface area contributed by atoms with Crippen LogP contribution in [-0.4, -0.2) is 29.5 Å². The molecule has 98 valence electrons. The molecule has 1 amide bonds. The van der Waals surface area contributed by atoms with Gasteiger partial charge in [-0.2, -0.15) is 0 Å². The molecule has 0 radical (unpaired) electrons. The minimum Gasteiger partial charge on any atom is -0.464 e. The number of nitrogens with zero attached hydrogens (tertiary/aromatic N) is 1. The molecule has 1 unspecified atom stereocenters. The van der Waals surface area contributed by atoms with Crippen LogP contribution in [0.4, 0.5) is 5.69 Å². The number of nitrogens with one attached hydrogen (secondary N) is 1. The second kappa shape index (κ2) is 6.32. The Morgan fingerprint density at radius 3 is 2.89 bits per heavy atom. The van der Waals surface area contributed by atoms with Gasteiger partial charge in [0, 0.05) is 6.20 Å². The maximum absolute atomic E-state index is 11.7. The molecular formula is C11H14ClN3O3. The van der Waals surface area contributed by atoms with Crippen molar-refractivity contribution in [2.75, 3.05) is 11.9 Å². The molecule has 0 aliphatic heterocycles. The zero-order valence-electron chi connectivity index (χ0n) is 10.1. The molecule has 6 nitrogen and oxygen atoms in total. The summed E-state index contributed by atoms with van der Waals surface area (Å²) in [6.45, 7) is 3.58. The van der Waals surface area contributed by atoms with Gasteiger partial charge in [0.2, 0.25) is 0 Å². The smallest absolute Gasteiger partial charge is 0.332 e. The van der Waals surface area contributed by atoms with Crippen LogP contribution in [0, 0.1) is 6.92 Å². The predicted molar refractivity (Wildman–Crippen MR) is 67.2 cm³/mol. The van der Waals surface area contributed by atoms with Crippen molar-refractivity contribution in [2.24, 2.45) is 5.73 Å². The summed E-state index contributed by atoms with van der Waals surface area (Å²) in [5.74, 6) is -1.48. The largest absolute Gasteiger partial charge is 0.464 e. The highest BCUT2D eigenvalue weighted by Crippen LogP contribution is 2.19. The molecular weight excluding hydrogens is 258 g/mol. The zero-order valence-corrected chi connectivity index (χ0v) is 10.8. The number of nitrogens with two attached hydrogens (primary N) is 1. The number of halogens is 1. The van der Waals surface area contributed by atoms with E-state index in [4.69, 9.17) is 17.3 Å². The Bertz CT molecular complexity index is 465. The van der Waals surface area contributed by atoms with E-state index in [0.29, 0.717) is 5.69 Å². The number of amides is 1. The molecule has 1 aromatic rings. The highest BCUT2D eigenvalue weighted by molar-refractivity contribution is 6.32. The van der Waals surface area contributed by atoms with Gasteiger partial charge in [-0.3, -0.25) is 4.79 Å². The molecule has 1 heterocycles. The van der Waals surface area contributed by atoms with Gasteiger partial charge >= 0.3 is 5.97 Å². The Labute approximate surface area is 109 Å². The molecule has 7 heteroatoms. The minimum absolute atomic E-state index is 0.130. The summed E-state index contributed by atoms with van der Waals surface area (Å²) in [5, 5.41) is 2.56. The van der Waals surface area contributed by atoms with Crippen LogP contribution in [0.2, 0.25) is 5.15 Å². The summed E-state index contributed by atoms with van der Waals surface area (Å²) < 4.78 is 4.64. The van der Waals surface area contributed by atoms with Gasteiger partial charge in [-0.15, -0.1) is 0 Å². The van der Waals surface area contributed by atoms with Gasteiger partial charge in [-0.05, 0) is 25.5 Å². The molecule has 1 atom stereocenters. The summed E-state index contributed by atoms with van der Waals surface area (Å²) in [6, 6.07) is 0.243. The fourth-order valence-electron chi connectivity index (χ4n) is 1.19. The van der Waals surface area contributed by atoms with Crippen molar-refractivity contribution in [1.29, 1.82) is 0 Å². The molecule has 0 spiro atoms. The molecule has 0 aliphatic carbocycles. The van der Waals surface area contributed by atoms with Crippen LogP contribution in [-0.2, 0) is 14.3 Å². The number of carbonyl (C=O) groups is 2. The van der Waals surface area contributed by atoms with Crippen LogP contribution in [0.15, 0.2) is 12.3 Å². The first-order valence-corrected chi connectivity index (χ1v) is 5.68. The summed E-state index contributed by atoms with van der Waals surface area (Å²) >= 11 is 5.80. The fraction of sp³-hybridized carbons (Fsp3) is 0.364. The lowest BCUT2D eigenvalue weighted by atomic mass is 10.2. The second-order valence-electron chi connectivity index (χ2n) is 3.57. The topological polar surface area (TPSA) is 94.3 Å². The number of rotatable bonds is 4. The van der Waals surface area contributed by atoms with Gasteiger partial charge in [0.25, 0.3) is 5.91 Å². The number of aryl methyl sites for hydroxylation is 1. The Kier molecular flexibility index (Phi) is 5.06. The van der Waals surface area contributed by atoms with E-state index in [1.807, 2.05) is 0 Å². The quantitative estimate of drug-likeness (QED) is 0.481. The van der Waals surface area contributed by atoms with Crippen LogP contribution >= 0.6 is 11.6 Å². The normalized spacial score (nSPS) is 11.8. The summed E-state index contributed by atoms with van der Waals surface area (Å²) in [5.41, 5.74) is 6.56. The van der Waals surface area contributed by atoms with E-state index in [1.165, 1.54) is 0 Å². The number of anilines is 1. The van der Waals surface area contributed by atoms with E-state index in [2.05, 4.69) is 15.0 Å². The Hall–Kier alpha value is -1.66. The SMILES string of the molecule is CCOC(=O)C(N)C(=O)Nc1cc(C)cnc1Cl. The van der Waals surface area contributed by atoms with Crippen molar-refractivity contribution in [1.82, 2.24) is 4.98 Å². The van der Waals surface area contributed by atoms with Crippen LogP contribution in [0.1, 0.15) is 12.5 Å². The van der Waals surface area contributed by atoms with Crippen molar-refractivity contribution < 1.29 is 14.3 Å². The lowest BCUT2D eigenvalue weighted by molar-refractivity contribution is -0.146. The fourth-order valence-corrected chi connectivity index (χ4v) is 1.34. The number of ether oxygens (including phenoxy) is 1. The lowest BCUT2D eigenvalue weighted by Crippen LogP contribution is -2.43. The lowest BCUT2D eigenvalue weighted by Gasteiger charge is -2.12. The maximum Gasteiger partial charge on any atom is 0.332 e. The average Bonchev–Trinajstić information content (AvgIpc) is 2.33. The molecule has 0 saturated carbocycles. The van der Waals surface area contributed by atoms with Gasteiger partial charge in [-0.1, -0.05) is 11.6 Å². The van der Waals surface area contributed by atoms with Crippen molar-refractivity contribution >= 4 is 29.2 Å². The highest BCUT2D eigenvalue weighted by atomic mass is 35.5. The molecule has 18 heavy (non-hydrogen) atoms. The summed E-state index contributed by atoms with van der Waals surface area (Å²) in [6.07, 6.45) is 1.56. The third-order valence-electron chi connectivity index (χ3n) is 2.06. The minimum atomic E-state index is -1.39. The van der Waals surface area contributed by atoms with E-state index in [0.717, 1.165) is 5.56 Å². The highest BCUT2D eigenvalue weighted by Gasteiger charge is 2.24. The van der Waals surface area contributed by atoms with E-state index >= 15 is 0 Å². The van der Waals surface area contributed by atoms with Gasteiger partial charge < -0.3 is 15.8 Å². The maximum atomic E-state index is 11.7. The number of hydrogen-bond donors (Lipinski definition) is 2. The Morgan fingerprint density at radius 2 is 2.28 bits per heavy atom. The van der Waals surface area contributed by atoms with E-state index in [-0.39, 0.29) is 11.8 Å². The predicted octanol–water partition coefficient (Wildman–Crippen LogP) is 0.872. The van der Waals surface area contributed by atoms with Crippen LogP contribution in [0.5, 0.6) is 0 Å². The Balaban J connectivity index is 2.75. The zero-order chi connectivity index (χ0) is 13.7. The Morgan fingerprint density at radius 1 is 1.61 bits per heavy atom. The first kappa shape index (κ1) is 14.4. The second-order valence-corrected chi connectivity index (χ2v) is 3.93. The third kappa shape index (κ3) is 3.68. The number of pyridine rings is 1. The third-order valence-corrected chi connectivity index (χ3v) is 2.36. The van der Waals surface area contributed by atoms with Crippen LogP contribution in [0.3, 0.4) is 0 Å². The van der Waals surface area contributed by atoms with Gasteiger partial charge in [0.1, 0.15) is 0 Å². The molecule has 3 N–H and O–H groups in total. The first-order chi connectivity index (χ1) is 8.45. The molecule has 0 aliphatic rings. The van der Waals surface area contributed by atoms with E-state index < -0.39 is 17.9 Å². The molecule has 0 bridgehead atoms. The monoisotopic (exact) mass is 271 g/mol. The molecule has 1 aromatic heterocycles. The number of carbonyl (C=O) groups excluding carboxylic acids is 2. The van der Waals surface area contributed by atoms with Crippen molar-refractivity contribution in [3.63, 3.8) is 0 Å². The summed E-state index contributed by atoms with van der Waals surface area (Å²) in [7, 11) is 0. The number of hydrogen-bond acceptors (Lipinski definition) is 5. The van der Waals surface area contributed by atoms with Crippen molar-refractivity contribution in [3.05, 3.63) is 23.0 Å². The number of esters is 1.